The first kappa shape index (κ1) is 15.0. The maximum Gasteiger partial charge on any atom is 0.119 e. The molecule has 0 aliphatic heterocycles. The minimum atomic E-state index is 0.571. The molecule has 0 bridgehead atoms. The normalized spacial score (nSPS) is 14.2. The van der Waals surface area contributed by atoms with Crippen LogP contribution in [0.1, 0.15) is 39.2 Å². The summed E-state index contributed by atoms with van der Waals surface area (Å²) in [5.74, 6) is 1.64. The van der Waals surface area contributed by atoms with E-state index in [2.05, 4.69) is 44.3 Å². The fourth-order valence-electron chi connectivity index (χ4n) is 2.32. The third kappa shape index (κ3) is 4.69. The van der Waals surface area contributed by atoms with Crippen molar-refractivity contribution in [2.24, 2.45) is 5.92 Å². The largest absolute Gasteiger partial charge is 0.497 e. The van der Waals surface area contributed by atoms with Gasteiger partial charge in [-0.1, -0.05) is 32.4 Å². The van der Waals surface area contributed by atoms with Gasteiger partial charge in [-0.05, 0) is 49.9 Å². The topological polar surface area (TPSA) is 21.3 Å². The van der Waals surface area contributed by atoms with E-state index in [1.807, 2.05) is 6.07 Å². The highest BCUT2D eigenvalue weighted by molar-refractivity contribution is 5.28. The van der Waals surface area contributed by atoms with Gasteiger partial charge in [-0.25, -0.2) is 0 Å². The van der Waals surface area contributed by atoms with Crippen LogP contribution in [0.5, 0.6) is 5.75 Å². The third-order valence-electron chi connectivity index (χ3n) is 3.58. The van der Waals surface area contributed by atoms with Crippen molar-refractivity contribution < 1.29 is 4.74 Å². The SMILES string of the molecule is CCCNC(C)C(CC)Cc1cccc(OC)c1. The number of ether oxygens (including phenoxy) is 1. The van der Waals surface area contributed by atoms with Crippen LogP contribution < -0.4 is 10.1 Å². The first-order chi connectivity index (χ1) is 8.71. The summed E-state index contributed by atoms with van der Waals surface area (Å²) in [5, 5.41) is 3.60. The van der Waals surface area contributed by atoms with Crippen LogP contribution >= 0.6 is 0 Å². The van der Waals surface area contributed by atoms with Crippen molar-refractivity contribution in [2.45, 2.75) is 46.1 Å². The van der Waals surface area contributed by atoms with Crippen LogP contribution in [0.4, 0.5) is 0 Å². The van der Waals surface area contributed by atoms with Crippen molar-refractivity contribution >= 4 is 0 Å². The van der Waals surface area contributed by atoms with E-state index in [0.29, 0.717) is 12.0 Å². The van der Waals surface area contributed by atoms with Crippen molar-refractivity contribution in [1.29, 1.82) is 0 Å². The van der Waals surface area contributed by atoms with Crippen LogP contribution in [0, 0.1) is 5.92 Å². The van der Waals surface area contributed by atoms with Gasteiger partial charge in [-0.2, -0.15) is 0 Å². The van der Waals surface area contributed by atoms with Crippen molar-refractivity contribution in [3.63, 3.8) is 0 Å². The average Bonchev–Trinajstić information content (AvgIpc) is 2.42. The molecule has 0 spiro atoms. The van der Waals surface area contributed by atoms with E-state index >= 15 is 0 Å². The van der Waals surface area contributed by atoms with E-state index < -0.39 is 0 Å². The molecule has 0 radical (unpaired) electrons. The summed E-state index contributed by atoms with van der Waals surface area (Å²) in [6.45, 7) is 7.89. The molecular weight excluding hydrogens is 222 g/mol. The van der Waals surface area contributed by atoms with Crippen LogP contribution in [-0.2, 0) is 6.42 Å². The van der Waals surface area contributed by atoms with Gasteiger partial charge < -0.3 is 10.1 Å². The zero-order valence-electron chi connectivity index (χ0n) is 12.2. The number of hydrogen-bond acceptors (Lipinski definition) is 2. The molecule has 2 nitrogen and oxygen atoms in total. The van der Waals surface area contributed by atoms with Gasteiger partial charge in [-0.15, -0.1) is 0 Å². The second kappa shape index (κ2) is 8.15. The second-order valence-corrected chi connectivity index (χ2v) is 4.97. The Labute approximate surface area is 112 Å². The fourth-order valence-corrected chi connectivity index (χ4v) is 2.32. The number of nitrogens with one attached hydrogen (secondary N) is 1. The van der Waals surface area contributed by atoms with Crippen LogP contribution in [0.3, 0.4) is 0 Å². The Hall–Kier alpha value is -1.02. The third-order valence-corrected chi connectivity index (χ3v) is 3.58. The zero-order valence-corrected chi connectivity index (χ0v) is 12.2. The lowest BCUT2D eigenvalue weighted by Crippen LogP contribution is -2.34. The zero-order chi connectivity index (χ0) is 13.4. The highest BCUT2D eigenvalue weighted by Crippen LogP contribution is 2.19. The first-order valence-corrected chi connectivity index (χ1v) is 7.07. The highest BCUT2D eigenvalue weighted by atomic mass is 16.5. The van der Waals surface area contributed by atoms with Gasteiger partial charge in [-0.3, -0.25) is 0 Å². The molecule has 2 atom stereocenters. The number of hydrogen-bond donors (Lipinski definition) is 1. The predicted octanol–water partition coefficient (Wildman–Crippen LogP) is 3.65. The lowest BCUT2D eigenvalue weighted by Gasteiger charge is -2.24. The van der Waals surface area contributed by atoms with Gasteiger partial charge in [0.2, 0.25) is 0 Å². The summed E-state index contributed by atoms with van der Waals surface area (Å²) < 4.78 is 5.28. The van der Waals surface area contributed by atoms with E-state index in [1.54, 1.807) is 7.11 Å². The molecule has 0 amide bonds. The molecule has 0 aromatic heterocycles. The second-order valence-electron chi connectivity index (χ2n) is 4.97. The summed E-state index contributed by atoms with van der Waals surface area (Å²) in [5.41, 5.74) is 1.37. The summed E-state index contributed by atoms with van der Waals surface area (Å²) in [7, 11) is 1.72. The van der Waals surface area contributed by atoms with E-state index in [-0.39, 0.29) is 0 Å². The minimum Gasteiger partial charge on any atom is -0.497 e. The van der Waals surface area contributed by atoms with Crippen molar-refractivity contribution in [3.8, 4) is 5.75 Å². The fraction of sp³-hybridized carbons (Fsp3) is 0.625. The molecule has 0 saturated carbocycles. The van der Waals surface area contributed by atoms with Gasteiger partial charge in [0.05, 0.1) is 7.11 Å². The van der Waals surface area contributed by atoms with E-state index in [1.165, 1.54) is 18.4 Å². The molecule has 102 valence electrons. The molecule has 0 fully saturated rings. The van der Waals surface area contributed by atoms with Gasteiger partial charge in [0.25, 0.3) is 0 Å². The highest BCUT2D eigenvalue weighted by Gasteiger charge is 2.15. The van der Waals surface area contributed by atoms with Gasteiger partial charge >= 0.3 is 0 Å². The van der Waals surface area contributed by atoms with Crippen LogP contribution in [0.2, 0.25) is 0 Å². The Morgan fingerprint density at radius 2 is 2.06 bits per heavy atom. The molecule has 0 saturated heterocycles. The van der Waals surface area contributed by atoms with Gasteiger partial charge in [0.15, 0.2) is 0 Å². The van der Waals surface area contributed by atoms with Crippen molar-refractivity contribution in [3.05, 3.63) is 29.8 Å². The van der Waals surface area contributed by atoms with E-state index in [4.69, 9.17) is 4.74 Å². The predicted molar refractivity (Wildman–Crippen MR) is 78.2 cm³/mol. The monoisotopic (exact) mass is 249 g/mol. The molecule has 1 aromatic carbocycles. The van der Waals surface area contributed by atoms with Crippen LogP contribution in [0.25, 0.3) is 0 Å². The van der Waals surface area contributed by atoms with Gasteiger partial charge in [0, 0.05) is 6.04 Å². The Morgan fingerprint density at radius 1 is 1.28 bits per heavy atom. The quantitative estimate of drug-likeness (QED) is 0.759. The summed E-state index contributed by atoms with van der Waals surface area (Å²) in [6.07, 6.45) is 3.51. The smallest absolute Gasteiger partial charge is 0.119 e. The summed E-state index contributed by atoms with van der Waals surface area (Å²) in [4.78, 5) is 0. The van der Waals surface area contributed by atoms with Crippen molar-refractivity contribution in [2.75, 3.05) is 13.7 Å². The molecule has 0 aliphatic rings. The summed E-state index contributed by atoms with van der Waals surface area (Å²) in [6, 6.07) is 8.99. The maximum absolute atomic E-state index is 5.28. The van der Waals surface area contributed by atoms with Crippen LogP contribution in [-0.4, -0.2) is 19.7 Å². The molecule has 0 heterocycles. The number of benzene rings is 1. The maximum atomic E-state index is 5.28. The standard InChI is InChI=1S/C16H27NO/c1-5-10-17-13(3)15(6-2)11-14-8-7-9-16(12-14)18-4/h7-9,12-13,15,17H,5-6,10-11H2,1-4H3. The first-order valence-electron chi connectivity index (χ1n) is 7.07. The van der Waals surface area contributed by atoms with E-state index in [0.717, 1.165) is 18.7 Å². The lowest BCUT2D eigenvalue weighted by atomic mass is 9.90. The minimum absolute atomic E-state index is 0.571. The van der Waals surface area contributed by atoms with Crippen molar-refractivity contribution in [1.82, 2.24) is 5.32 Å². The van der Waals surface area contributed by atoms with Gasteiger partial charge in [0.1, 0.15) is 5.75 Å². The Balaban J connectivity index is 2.60. The Kier molecular flexibility index (Phi) is 6.81. The van der Waals surface area contributed by atoms with Crippen LogP contribution in [0.15, 0.2) is 24.3 Å². The number of methoxy groups -OCH3 is 1. The molecule has 0 aliphatic carbocycles. The lowest BCUT2D eigenvalue weighted by molar-refractivity contribution is 0.361. The number of rotatable bonds is 8. The summed E-state index contributed by atoms with van der Waals surface area (Å²) >= 11 is 0. The Morgan fingerprint density at radius 3 is 2.67 bits per heavy atom. The molecule has 1 N–H and O–H groups in total. The Bertz CT molecular complexity index is 338. The molecule has 2 unspecified atom stereocenters. The molecule has 18 heavy (non-hydrogen) atoms. The van der Waals surface area contributed by atoms with E-state index in [9.17, 15) is 0 Å². The molecule has 1 aromatic rings. The molecule has 2 heteroatoms. The molecular formula is C16H27NO. The average molecular weight is 249 g/mol. The molecule has 1 rings (SSSR count).